The van der Waals surface area contributed by atoms with Crippen molar-refractivity contribution in [2.24, 2.45) is 0 Å². The molecule has 0 saturated heterocycles. The molecule has 0 saturated carbocycles. The Bertz CT molecular complexity index is 863. The van der Waals surface area contributed by atoms with Gasteiger partial charge in [0, 0.05) is 12.5 Å². The molecule has 0 aliphatic carbocycles. The summed E-state index contributed by atoms with van der Waals surface area (Å²) in [6, 6.07) is 18.1. The first-order valence-corrected chi connectivity index (χ1v) is 14.6. The van der Waals surface area contributed by atoms with Crippen LogP contribution in [0, 0.1) is 0 Å². The lowest BCUT2D eigenvalue weighted by atomic mass is 10.0. The van der Waals surface area contributed by atoms with Gasteiger partial charge in [0.2, 0.25) is 6.29 Å². The molecular weight excluding hydrogens is 458 g/mol. The second kappa shape index (κ2) is 17.2. The van der Waals surface area contributed by atoms with Crippen LogP contribution in [0.2, 0.25) is 0 Å². The standard InChI is InChI=1S/C33H52NO3/c1-6-7-8-9-10-11-12-13-14-15-17-20-30-23-25-32(26-24-30)36-29(3)37-33(35)28(2)34(4,5)27-31-21-18-16-19-22-31/h16,18-19,21-26,28-29H,6-15,17,20,27H2,1-5H3/q+1. The number of benzene rings is 2. The lowest BCUT2D eigenvalue weighted by Crippen LogP contribution is -2.51. The fourth-order valence-corrected chi connectivity index (χ4v) is 4.68. The number of esters is 1. The Morgan fingerprint density at radius 2 is 1.27 bits per heavy atom. The molecule has 0 amide bonds. The van der Waals surface area contributed by atoms with Crippen LogP contribution in [0.3, 0.4) is 0 Å². The number of carbonyl (C=O) groups is 1. The zero-order valence-corrected chi connectivity index (χ0v) is 24.2. The molecule has 4 heteroatoms. The van der Waals surface area contributed by atoms with Crippen molar-refractivity contribution >= 4 is 5.97 Å². The molecule has 4 nitrogen and oxygen atoms in total. The van der Waals surface area contributed by atoms with Crippen molar-refractivity contribution < 1.29 is 18.8 Å². The average Bonchev–Trinajstić information content (AvgIpc) is 2.88. The van der Waals surface area contributed by atoms with Gasteiger partial charge in [0.05, 0.1) is 14.1 Å². The van der Waals surface area contributed by atoms with Gasteiger partial charge in [0.25, 0.3) is 0 Å². The highest BCUT2D eigenvalue weighted by molar-refractivity contribution is 5.74. The summed E-state index contributed by atoms with van der Waals surface area (Å²) >= 11 is 0. The Balaban J connectivity index is 1.63. The molecule has 0 heterocycles. The van der Waals surface area contributed by atoms with E-state index in [-0.39, 0.29) is 12.0 Å². The lowest BCUT2D eigenvalue weighted by Gasteiger charge is -2.35. The molecule has 0 aliphatic heterocycles. The monoisotopic (exact) mass is 510 g/mol. The average molecular weight is 511 g/mol. The van der Waals surface area contributed by atoms with Crippen molar-refractivity contribution in [3.8, 4) is 5.75 Å². The van der Waals surface area contributed by atoms with E-state index in [1.54, 1.807) is 6.92 Å². The minimum absolute atomic E-state index is 0.249. The zero-order valence-electron chi connectivity index (χ0n) is 24.2. The quantitative estimate of drug-likeness (QED) is 0.0823. The van der Waals surface area contributed by atoms with Crippen LogP contribution in [0.15, 0.2) is 54.6 Å². The molecule has 2 aromatic rings. The smallest absolute Gasteiger partial charge is 0.367 e. The highest BCUT2D eigenvalue weighted by atomic mass is 16.7. The number of rotatable bonds is 19. The number of hydrogen-bond acceptors (Lipinski definition) is 3. The van der Waals surface area contributed by atoms with E-state index in [0.717, 1.165) is 18.7 Å². The van der Waals surface area contributed by atoms with Crippen molar-refractivity contribution in [1.82, 2.24) is 0 Å². The van der Waals surface area contributed by atoms with Crippen LogP contribution in [-0.4, -0.2) is 36.9 Å². The van der Waals surface area contributed by atoms with Gasteiger partial charge in [-0.25, -0.2) is 4.79 Å². The second-order valence-corrected chi connectivity index (χ2v) is 11.2. The van der Waals surface area contributed by atoms with Crippen LogP contribution < -0.4 is 4.74 Å². The normalized spacial score (nSPS) is 13.2. The molecule has 0 N–H and O–H groups in total. The number of ether oxygens (including phenoxy) is 2. The van der Waals surface area contributed by atoms with E-state index in [1.807, 2.05) is 37.3 Å². The van der Waals surface area contributed by atoms with Crippen LogP contribution in [0.4, 0.5) is 0 Å². The third kappa shape index (κ3) is 12.6. The fourth-order valence-electron chi connectivity index (χ4n) is 4.68. The highest BCUT2D eigenvalue weighted by Crippen LogP contribution is 2.19. The van der Waals surface area contributed by atoms with E-state index in [1.165, 1.54) is 81.8 Å². The Morgan fingerprint density at radius 3 is 1.84 bits per heavy atom. The summed E-state index contributed by atoms with van der Waals surface area (Å²) in [6.07, 6.45) is 15.5. The maximum atomic E-state index is 12.8. The summed E-state index contributed by atoms with van der Waals surface area (Å²) in [7, 11) is 4.11. The number of unbranched alkanes of at least 4 members (excludes halogenated alkanes) is 10. The number of hydrogen-bond donors (Lipinski definition) is 0. The molecule has 2 rings (SSSR count). The third-order valence-corrected chi connectivity index (χ3v) is 7.40. The van der Waals surface area contributed by atoms with Gasteiger partial charge in [-0.3, -0.25) is 0 Å². The molecule has 37 heavy (non-hydrogen) atoms. The maximum absolute atomic E-state index is 12.8. The first-order chi connectivity index (χ1) is 17.8. The predicted molar refractivity (Wildman–Crippen MR) is 155 cm³/mol. The van der Waals surface area contributed by atoms with Crippen LogP contribution in [0.25, 0.3) is 0 Å². The Kier molecular flexibility index (Phi) is 14.4. The van der Waals surface area contributed by atoms with Gasteiger partial charge in [-0.15, -0.1) is 0 Å². The van der Waals surface area contributed by atoms with Crippen LogP contribution in [0.5, 0.6) is 5.75 Å². The molecule has 0 radical (unpaired) electrons. The summed E-state index contributed by atoms with van der Waals surface area (Å²) in [6.45, 7) is 6.73. The first kappa shape index (κ1) is 30.9. The van der Waals surface area contributed by atoms with E-state index in [2.05, 4.69) is 45.3 Å². The van der Waals surface area contributed by atoms with Gasteiger partial charge in [-0.2, -0.15) is 0 Å². The number of nitrogens with zero attached hydrogens (tertiary/aromatic N) is 1. The van der Waals surface area contributed by atoms with E-state index >= 15 is 0 Å². The van der Waals surface area contributed by atoms with Crippen LogP contribution in [0.1, 0.15) is 103 Å². The van der Waals surface area contributed by atoms with Gasteiger partial charge in [-0.05, 0) is 37.5 Å². The maximum Gasteiger partial charge on any atom is 0.367 e. The zero-order chi connectivity index (χ0) is 26.9. The summed E-state index contributed by atoms with van der Waals surface area (Å²) < 4.78 is 12.0. The second-order valence-electron chi connectivity index (χ2n) is 11.2. The molecule has 2 unspecified atom stereocenters. The highest BCUT2D eigenvalue weighted by Gasteiger charge is 2.33. The van der Waals surface area contributed by atoms with Crippen LogP contribution >= 0.6 is 0 Å². The Labute approximate surface area is 227 Å². The fraction of sp³-hybridized carbons (Fsp3) is 0.606. The molecule has 0 spiro atoms. The molecule has 0 bridgehead atoms. The van der Waals surface area contributed by atoms with E-state index in [4.69, 9.17) is 9.47 Å². The third-order valence-electron chi connectivity index (χ3n) is 7.40. The minimum Gasteiger partial charge on any atom is -0.455 e. The Morgan fingerprint density at radius 1 is 0.730 bits per heavy atom. The minimum atomic E-state index is -0.635. The molecule has 0 aliphatic rings. The predicted octanol–water partition coefficient (Wildman–Crippen LogP) is 8.47. The van der Waals surface area contributed by atoms with Crippen molar-refractivity contribution in [3.63, 3.8) is 0 Å². The lowest BCUT2D eigenvalue weighted by molar-refractivity contribution is -0.917. The first-order valence-electron chi connectivity index (χ1n) is 14.6. The van der Waals surface area contributed by atoms with Gasteiger partial charge < -0.3 is 14.0 Å². The van der Waals surface area contributed by atoms with Crippen molar-refractivity contribution in [1.29, 1.82) is 0 Å². The van der Waals surface area contributed by atoms with Gasteiger partial charge in [0.1, 0.15) is 12.3 Å². The number of carbonyl (C=O) groups excluding carboxylic acids is 1. The molecule has 2 aromatic carbocycles. The van der Waals surface area contributed by atoms with Gasteiger partial charge in [0.15, 0.2) is 6.04 Å². The molecule has 0 fully saturated rings. The van der Waals surface area contributed by atoms with Crippen LogP contribution in [-0.2, 0) is 22.5 Å². The van der Waals surface area contributed by atoms with Crippen molar-refractivity contribution in [3.05, 3.63) is 65.7 Å². The molecule has 2 atom stereocenters. The summed E-state index contributed by atoms with van der Waals surface area (Å²) in [4.78, 5) is 12.8. The van der Waals surface area contributed by atoms with Crippen molar-refractivity contribution in [2.45, 2.75) is 117 Å². The van der Waals surface area contributed by atoms with E-state index in [0.29, 0.717) is 4.48 Å². The van der Waals surface area contributed by atoms with Crippen molar-refractivity contribution in [2.75, 3.05) is 14.1 Å². The van der Waals surface area contributed by atoms with E-state index in [9.17, 15) is 4.79 Å². The summed E-state index contributed by atoms with van der Waals surface area (Å²) in [5.41, 5.74) is 2.53. The summed E-state index contributed by atoms with van der Waals surface area (Å²) in [5, 5.41) is 0. The topological polar surface area (TPSA) is 35.5 Å². The van der Waals surface area contributed by atoms with Gasteiger partial charge in [-0.1, -0.05) is 114 Å². The van der Waals surface area contributed by atoms with Gasteiger partial charge >= 0.3 is 5.97 Å². The molecule has 206 valence electrons. The largest absolute Gasteiger partial charge is 0.455 e. The number of quaternary nitrogens is 1. The van der Waals surface area contributed by atoms with E-state index < -0.39 is 6.29 Å². The SMILES string of the molecule is CCCCCCCCCCCCCc1ccc(OC(C)OC(=O)C(C)[N+](C)(C)Cc2ccccc2)cc1. The number of likely N-dealkylation sites (N-methyl/N-ethyl adjacent to an activating group) is 1. The molecular formula is C33H52NO3+. The number of aryl methyl sites for hydroxylation is 1. The Hall–Kier alpha value is -2.33. The molecule has 0 aromatic heterocycles. The summed E-state index contributed by atoms with van der Waals surface area (Å²) in [5.74, 6) is 0.482.